The molecule has 32 heavy (non-hydrogen) atoms. The van der Waals surface area contributed by atoms with Crippen molar-refractivity contribution in [2.24, 2.45) is 0 Å². The average molecular weight is 449 g/mol. The quantitative estimate of drug-likeness (QED) is 0.445. The fourth-order valence-corrected chi connectivity index (χ4v) is 4.03. The summed E-state index contributed by atoms with van der Waals surface area (Å²) < 4.78 is 33.0. The van der Waals surface area contributed by atoms with Gasteiger partial charge in [-0.25, -0.2) is 8.42 Å². The first-order valence-corrected chi connectivity index (χ1v) is 11.2. The predicted octanol–water partition coefficient (Wildman–Crippen LogP) is 3.78. The second-order valence-corrected chi connectivity index (χ2v) is 8.74. The number of carbonyl (C=O) groups excluding carboxylic acids is 1. The van der Waals surface area contributed by atoms with E-state index >= 15 is 0 Å². The van der Waals surface area contributed by atoms with E-state index in [0.717, 1.165) is 11.1 Å². The Balaban J connectivity index is 1.43. The molecular weight excluding hydrogens is 428 g/mol. The molecule has 0 radical (unpaired) electrons. The maximum Gasteiger partial charge on any atom is 0.261 e. The van der Waals surface area contributed by atoms with Gasteiger partial charge in [-0.05, 0) is 37.3 Å². The number of benzene rings is 3. The Morgan fingerprint density at radius 1 is 0.969 bits per heavy atom. The Hall–Kier alpha value is -3.98. The van der Waals surface area contributed by atoms with Crippen molar-refractivity contribution >= 4 is 21.6 Å². The van der Waals surface area contributed by atoms with Crippen LogP contribution in [0.2, 0.25) is 0 Å². The molecule has 162 valence electrons. The number of hydrogen-bond acceptors (Lipinski definition) is 6. The topological polar surface area (TPSA) is 114 Å². The first-order valence-electron chi connectivity index (χ1n) is 9.76. The van der Waals surface area contributed by atoms with E-state index in [1.807, 2.05) is 31.2 Å². The molecule has 1 aromatic heterocycles. The molecule has 0 saturated carbocycles. The van der Waals surface area contributed by atoms with Crippen LogP contribution < -0.4 is 10.0 Å². The number of sulfonamides is 1. The van der Waals surface area contributed by atoms with E-state index < -0.39 is 15.9 Å². The van der Waals surface area contributed by atoms with Crippen molar-refractivity contribution in [3.63, 3.8) is 0 Å². The Bertz CT molecular complexity index is 1330. The molecule has 0 unspecified atom stereocenters. The minimum Gasteiger partial charge on any atom is -0.343 e. The van der Waals surface area contributed by atoms with Crippen molar-refractivity contribution < 1.29 is 17.7 Å². The Morgan fingerprint density at radius 3 is 2.47 bits per heavy atom. The Labute approximate surface area is 185 Å². The third-order valence-corrected chi connectivity index (χ3v) is 5.99. The number of hydrogen-bond donors (Lipinski definition) is 2. The normalized spacial score (nSPS) is 11.2. The van der Waals surface area contributed by atoms with Gasteiger partial charge in [-0.2, -0.15) is 4.98 Å². The van der Waals surface area contributed by atoms with Crippen molar-refractivity contribution in [2.45, 2.75) is 18.4 Å². The molecule has 0 saturated heterocycles. The third-order valence-electron chi connectivity index (χ3n) is 4.61. The summed E-state index contributed by atoms with van der Waals surface area (Å²) >= 11 is 0. The molecule has 0 fully saturated rings. The molecule has 0 spiro atoms. The highest BCUT2D eigenvalue weighted by Crippen LogP contribution is 2.18. The zero-order valence-electron chi connectivity index (χ0n) is 17.1. The van der Waals surface area contributed by atoms with Crippen LogP contribution in [-0.4, -0.2) is 24.5 Å². The van der Waals surface area contributed by atoms with E-state index in [1.54, 1.807) is 30.3 Å². The second kappa shape index (κ2) is 9.03. The molecule has 8 nitrogen and oxygen atoms in total. The summed E-state index contributed by atoms with van der Waals surface area (Å²) in [7, 11) is -3.84. The minimum atomic E-state index is -3.84. The number of carbonyl (C=O) groups is 1. The standard InChI is InChI=1S/C23H20N4O4S/c1-16-10-12-17(13-11-16)22-25-21(31-26-22)15-24-23(28)18-6-5-9-20(14-18)32(29,30)27-19-7-3-2-4-8-19/h2-14,27H,15H2,1H3,(H,24,28). The molecule has 4 aromatic rings. The van der Waals surface area contributed by atoms with E-state index in [0.29, 0.717) is 11.5 Å². The number of amides is 1. The molecule has 9 heteroatoms. The maximum absolute atomic E-state index is 12.6. The van der Waals surface area contributed by atoms with Crippen LogP contribution in [0.4, 0.5) is 5.69 Å². The largest absolute Gasteiger partial charge is 0.343 e. The molecule has 2 N–H and O–H groups in total. The molecule has 0 bridgehead atoms. The van der Waals surface area contributed by atoms with Gasteiger partial charge in [-0.15, -0.1) is 0 Å². The highest BCUT2D eigenvalue weighted by atomic mass is 32.2. The summed E-state index contributed by atoms with van der Waals surface area (Å²) in [6, 6.07) is 22.0. The lowest BCUT2D eigenvalue weighted by Crippen LogP contribution is -2.23. The summed E-state index contributed by atoms with van der Waals surface area (Å²) in [6.07, 6.45) is 0. The Morgan fingerprint density at radius 2 is 1.72 bits per heavy atom. The SMILES string of the molecule is Cc1ccc(-c2noc(CNC(=O)c3cccc(S(=O)(=O)Nc4ccccc4)c3)n2)cc1. The van der Waals surface area contributed by atoms with Gasteiger partial charge in [0.1, 0.15) is 0 Å². The van der Waals surface area contributed by atoms with E-state index in [1.165, 1.54) is 24.3 Å². The number of aromatic nitrogens is 2. The number of para-hydroxylation sites is 1. The second-order valence-electron chi connectivity index (χ2n) is 7.06. The van der Waals surface area contributed by atoms with E-state index in [2.05, 4.69) is 20.2 Å². The average Bonchev–Trinajstić information content (AvgIpc) is 3.27. The van der Waals surface area contributed by atoms with Crippen LogP contribution in [0.15, 0.2) is 88.3 Å². The predicted molar refractivity (Wildman–Crippen MR) is 119 cm³/mol. The van der Waals surface area contributed by atoms with E-state index in [-0.39, 0.29) is 22.9 Å². The minimum absolute atomic E-state index is 0.0109. The van der Waals surface area contributed by atoms with Gasteiger partial charge >= 0.3 is 0 Å². The van der Waals surface area contributed by atoms with Crippen LogP contribution in [-0.2, 0) is 16.6 Å². The molecule has 1 amide bonds. The smallest absolute Gasteiger partial charge is 0.261 e. The van der Waals surface area contributed by atoms with Crippen LogP contribution in [0, 0.1) is 6.92 Å². The molecule has 0 atom stereocenters. The fourth-order valence-electron chi connectivity index (χ4n) is 2.93. The zero-order valence-corrected chi connectivity index (χ0v) is 18.0. The van der Waals surface area contributed by atoms with Crippen LogP contribution >= 0.6 is 0 Å². The van der Waals surface area contributed by atoms with Gasteiger partial charge in [0.2, 0.25) is 11.7 Å². The van der Waals surface area contributed by atoms with Crippen molar-refractivity contribution in [2.75, 3.05) is 4.72 Å². The number of nitrogens with zero attached hydrogens (tertiary/aromatic N) is 2. The van der Waals surface area contributed by atoms with E-state index in [9.17, 15) is 13.2 Å². The maximum atomic E-state index is 12.6. The lowest BCUT2D eigenvalue weighted by molar-refractivity contribution is 0.0946. The summed E-state index contributed by atoms with van der Waals surface area (Å²) in [5.74, 6) is 0.203. The van der Waals surface area contributed by atoms with Gasteiger partial charge in [0, 0.05) is 16.8 Å². The van der Waals surface area contributed by atoms with Crippen LogP contribution in [0.3, 0.4) is 0 Å². The van der Waals surface area contributed by atoms with E-state index in [4.69, 9.17) is 4.52 Å². The third kappa shape index (κ3) is 5.01. The van der Waals surface area contributed by atoms with Crippen LogP contribution in [0.25, 0.3) is 11.4 Å². The van der Waals surface area contributed by atoms with Gasteiger partial charge in [-0.3, -0.25) is 9.52 Å². The van der Waals surface area contributed by atoms with Gasteiger partial charge in [-0.1, -0.05) is 59.3 Å². The van der Waals surface area contributed by atoms with Gasteiger partial charge in [0.05, 0.1) is 11.4 Å². The number of rotatable bonds is 7. The van der Waals surface area contributed by atoms with Gasteiger partial charge in [0.15, 0.2) is 0 Å². The molecule has 4 rings (SSSR count). The Kier molecular flexibility index (Phi) is 6.00. The fraction of sp³-hybridized carbons (Fsp3) is 0.0870. The lowest BCUT2D eigenvalue weighted by Gasteiger charge is -2.09. The van der Waals surface area contributed by atoms with Crippen molar-refractivity contribution in [1.29, 1.82) is 0 Å². The summed E-state index contributed by atoms with van der Waals surface area (Å²) in [5, 5.41) is 6.60. The zero-order chi connectivity index (χ0) is 22.6. The molecule has 1 heterocycles. The lowest BCUT2D eigenvalue weighted by atomic mass is 10.1. The molecular formula is C23H20N4O4S. The summed E-state index contributed by atoms with van der Waals surface area (Å²) in [4.78, 5) is 16.8. The van der Waals surface area contributed by atoms with Crippen molar-refractivity contribution in [3.8, 4) is 11.4 Å². The first-order chi connectivity index (χ1) is 15.4. The number of anilines is 1. The van der Waals surface area contributed by atoms with Crippen molar-refractivity contribution in [3.05, 3.63) is 95.9 Å². The molecule has 3 aromatic carbocycles. The van der Waals surface area contributed by atoms with Crippen LogP contribution in [0.1, 0.15) is 21.8 Å². The summed E-state index contributed by atoms with van der Waals surface area (Å²) in [6.45, 7) is 2.00. The van der Waals surface area contributed by atoms with Crippen LogP contribution in [0.5, 0.6) is 0 Å². The van der Waals surface area contributed by atoms with Crippen molar-refractivity contribution in [1.82, 2.24) is 15.5 Å². The highest BCUT2D eigenvalue weighted by Gasteiger charge is 2.17. The first kappa shape index (κ1) is 21.3. The number of aryl methyl sites for hydroxylation is 1. The summed E-state index contributed by atoms with van der Waals surface area (Å²) in [5.41, 5.74) is 2.55. The molecule has 0 aliphatic rings. The van der Waals surface area contributed by atoms with Gasteiger partial charge in [0.25, 0.3) is 15.9 Å². The number of nitrogens with one attached hydrogen (secondary N) is 2. The monoisotopic (exact) mass is 448 g/mol. The highest BCUT2D eigenvalue weighted by molar-refractivity contribution is 7.92. The molecule has 0 aliphatic carbocycles. The molecule has 0 aliphatic heterocycles. The van der Waals surface area contributed by atoms with Gasteiger partial charge < -0.3 is 9.84 Å².